The predicted octanol–water partition coefficient (Wildman–Crippen LogP) is 11.5. The van der Waals surface area contributed by atoms with Crippen molar-refractivity contribution < 1.29 is 28.0 Å². The van der Waals surface area contributed by atoms with Gasteiger partial charge < -0.3 is 15.5 Å². The van der Waals surface area contributed by atoms with Crippen LogP contribution in [0.1, 0.15) is 206 Å². The van der Waals surface area contributed by atoms with E-state index in [0.717, 1.165) is 44.9 Å². The number of aliphatic hydroxyl groups excluding tert-OH is 2. The van der Waals surface area contributed by atoms with Gasteiger partial charge in [-0.1, -0.05) is 198 Å². The lowest BCUT2D eigenvalue weighted by atomic mass is 10.0. The Morgan fingerprint density at radius 2 is 0.882 bits per heavy atom. The lowest BCUT2D eigenvalue weighted by Gasteiger charge is -2.22. The summed E-state index contributed by atoms with van der Waals surface area (Å²) in [5.74, 6) is -1.56. The summed E-state index contributed by atoms with van der Waals surface area (Å²) in [6.07, 6.45) is 44.8. The summed E-state index contributed by atoms with van der Waals surface area (Å²) in [4.78, 5) is 12.6. The van der Waals surface area contributed by atoms with E-state index in [0.29, 0.717) is 12.8 Å². The fourth-order valence-corrected chi connectivity index (χ4v) is 7.10. The Kier molecular flexibility index (Phi) is 35.8. The Morgan fingerprint density at radius 3 is 1.29 bits per heavy atom. The second-order valence-corrected chi connectivity index (χ2v) is 16.2. The summed E-state index contributed by atoms with van der Waals surface area (Å²) in [5.41, 5.74) is 0. The molecule has 1 amide bonds. The molecule has 0 aromatic carbocycles. The highest BCUT2D eigenvalue weighted by Crippen LogP contribution is 2.15. The van der Waals surface area contributed by atoms with Crippen molar-refractivity contribution in [3.8, 4) is 0 Å². The van der Waals surface area contributed by atoms with Crippen LogP contribution in [-0.2, 0) is 14.9 Å². The quantitative estimate of drug-likeness (QED) is 0.0284. The lowest BCUT2D eigenvalue weighted by molar-refractivity contribution is -0.130. The fourth-order valence-electron chi connectivity index (χ4n) is 6.37. The van der Waals surface area contributed by atoms with Crippen molar-refractivity contribution in [2.24, 2.45) is 0 Å². The van der Waals surface area contributed by atoms with Gasteiger partial charge in [0.1, 0.15) is 6.10 Å². The molecule has 0 fully saturated rings. The van der Waals surface area contributed by atoms with Gasteiger partial charge in [0.2, 0.25) is 5.91 Å². The van der Waals surface area contributed by atoms with Crippen LogP contribution < -0.4 is 5.32 Å². The van der Waals surface area contributed by atoms with Crippen molar-refractivity contribution in [1.29, 1.82) is 0 Å². The molecule has 51 heavy (non-hydrogen) atoms. The lowest BCUT2D eigenvalue weighted by Crippen LogP contribution is -2.50. The molecule has 4 N–H and O–H groups in total. The van der Waals surface area contributed by atoms with Crippen LogP contribution in [0.3, 0.4) is 0 Å². The molecule has 0 aromatic rings. The number of carbonyl (C=O) groups is 1. The summed E-state index contributed by atoms with van der Waals surface area (Å²) in [6, 6.07) is -1.25. The normalized spacial score (nSPS) is 14.2. The molecule has 0 rings (SSSR count). The Labute approximate surface area is 315 Å². The van der Waals surface area contributed by atoms with E-state index in [1.54, 1.807) is 6.08 Å². The van der Waals surface area contributed by atoms with Crippen molar-refractivity contribution in [3.05, 3.63) is 36.5 Å². The maximum Gasteiger partial charge on any atom is 0.267 e. The van der Waals surface area contributed by atoms with E-state index in [2.05, 4.69) is 43.5 Å². The zero-order chi connectivity index (χ0) is 37.7. The van der Waals surface area contributed by atoms with Gasteiger partial charge >= 0.3 is 0 Å². The summed E-state index contributed by atoms with van der Waals surface area (Å²) < 4.78 is 32.5. The van der Waals surface area contributed by atoms with Crippen LogP contribution in [0.5, 0.6) is 0 Å². The van der Waals surface area contributed by atoms with Crippen molar-refractivity contribution >= 4 is 16.0 Å². The summed E-state index contributed by atoms with van der Waals surface area (Å²) >= 11 is 0. The van der Waals surface area contributed by atoms with Gasteiger partial charge in [-0.2, -0.15) is 8.42 Å². The first-order chi connectivity index (χ1) is 24.7. The van der Waals surface area contributed by atoms with Crippen LogP contribution in [0.4, 0.5) is 0 Å². The van der Waals surface area contributed by atoms with E-state index in [4.69, 9.17) is 0 Å². The molecule has 0 aromatic heterocycles. The third kappa shape index (κ3) is 36.7. The molecule has 0 radical (unpaired) electrons. The van der Waals surface area contributed by atoms with Crippen LogP contribution in [0.15, 0.2) is 36.5 Å². The molecule has 0 heterocycles. The number of aliphatic hydroxyl groups is 2. The summed E-state index contributed by atoms with van der Waals surface area (Å²) in [6.45, 7) is 4.51. The van der Waals surface area contributed by atoms with Gasteiger partial charge in [0.15, 0.2) is 0 Å². The molecule has 0 aliphatic rings. The molecule has 0 bridgehead atoms. The maximum absolute atomic E-state index is 12.6. The second-order valence-electron chi connectivity index (χ2n) is 14.8. The SMILES string of the molecule is CCCCCCCCC/C=C/CC/C=C/CC/C=C/C(O)C(CS(=O)(=O)O)NC(=O)C(O)CCCCCCCCCCCCCCCCCCC. The van der Waals surface area contributed by atoms with Crippen LogP contribution >= 0.6 is 0 Å². The average Bonchev–Trinajstić information content (AvgIpc) is 3.09. The van der Waals surface area contributed by atoms with E-state index in [1.165, 1.54) is 134 Å². The highest BCUT2D eigenvalue weighted by Gasteiger charge is 2.27. The molecule has 0 saturated carbocycles. The molecule has 7 nitrogen and oxygen atoms in total. The predicted molar refractivity (Wildman–Crippen MR) is 218 cm³/mol. The standard InChI is InChI=1S/C43H81NO6S/c1-3-5-7-9-11-13-15-17-19-21-23-25-27-29-31-33-35-37-41(45)40(39-51(48,49)50)44-43(47)42(46)38-36-34-32-30-28-26-24-22-20-18-16-14-12-10-8-6-4-2/h19,21,27,29,35,37,40-42,45-46H,3-18,20,22-26,28,30-34,36,38-39H2,1-2H3,(H,44,47)(H,48,49,50)/b21-19+,29-27+,37-35+. The molecule has 0 aliphatic carbocycles. The monoisotopic (exact) mass is 740 g/mol. The molecule has 0 aliphatic heterocycles. The van der Waals surface area contributed by atoms with Crippen molar-refractivity contribution in [2.45, 2.75) is 225 Å². The van der Waals surface area contributed by atoms with E-state index in [9.17, 15) is 28.0 Å². The van der Waals surface area contributed by atoms with Crippen LogP contribution in [0.25, 0.3) is 0 Å². The Bertz CT molecular complexity index is 964. The van der Waals surface area contributed by atoms with E-state index >= 15 is 0 Å². The van der Waals surface area contributed by atoms with E-state index in [1.807, 2.05) is 0 Å². The van der Waals surface area contributed by atoms with E-state index in [-0.39, 0.29) is 6.42 Å². The molecule has 0 saturated heterocycles. The first-order valence-corrected chi connectivity index (χ1v) is 22.9. The zero-order valence-electron chi connectivity index (χ0n) is 33.1. The van der Waals surface area contributed by atoms with Crippen molar-refractivity contribution in [2.75, 3.05) is 5.75 Å². The van der Waals surface area contributed by atoms with Gasteiger partial charge in [0.25, 0.3) is 10.1 Å². The third-order valence-electron chi connectivity index (χ3n) is 9.65. The van der Waals surface area contributed by atoms with Gasteiger partial charge in [-0.3, -0.25) is 9.35 Å². The van der Waals surface area contributed by atoms with Gasteiger partial charge in [0.05, 0.1) is 17.9 Å². The number of carbonyl (C=O) groups excluding carboxylic acids is 1. The van der Waals surface area contributed by atoms with Gasteiger partial charge in [-0.25, -0.2) is 0 Å². The minimum atomic E-state index is -4.45. The highest BCUT2D eigenvalue weighted by molar-refractivity contribution is 7.85. The number of amides is 1. The molecular weight excluding hydrogens is 659 g/mol. The molecule has 8 heteroatoms. The van der Waals surface area contributed by atoms with Crippen molar-refractivity contribution in [1.82, 2.24) is 5.32 Å². The number of hydrogen-bond acceptors (Lipinski definition) is 5. The molecular formula is C43H81NO6S. The molecule has 300 valence electrons. The van der Waals surface area contributed by atoms with E-state index < -0.39 is 40.0 Å². The molecule has 0 spiro atoms. The highest BCUT2D eigenvalue weighted by atomic mass is 32.2. The number of allylic oxidation sites excluding steroid dienone is 5. The minimum absolute atomic E-state index is 0.274. The first kappa shape index (κ1) is 49.5. The van der Waals surface area contributed by atoms with Crippen molar-refractivity contribution in [3.63, 3.8) is 0 Å². The van der Waals surface area contributed by atoms with Crippen LogP contribution in [-0.4, -0.2) is 53.1 Å². The maximum atomic E-state index is 12.6. The number of rotatable bonds is 38. The molecule has 3 atom stereocenters. The number of unbranched alkanes of at least 4 members (excludes halogenated alkanes) is 25. The largest absolute Gasteiger partial charge is 0.387 e. The van der Waals surface area contributed by atoms with Gasteiger partial charge in [0, 0.05) is 0 Å². The average molecular weight is 740 g/mol. The van der Waals surface area contributed by atoms with Crippen LogP contribution in [0, 0.1) is 0 Å². The Morgan fingerprint density at radius 1 is 0.529 bits per heavy atom. The summed E-state index contributed by atoms with van der Waals surface area (Å²) in [5, 5.41) is 23.4. The third-order valence-corrected chi connectivity index (χ3v) is 10.4. The Balaban J connectivity index is 4.08. The topological polar surface area (TPSA) is 124 Å². The summed E-state index contributed by atoms with van der Waals surface area (Å²) in [7, 11) is -4.45. The second kappa shape index (κ2) is 36.9. The Hall–Kier alpha value is -1.48. The van der Waals surface area contributed by atoms with Crippen LogP contribution in [0.2, 0.25) is 0 Å². The number of hydrogen-bond donors (Lipinski definition) is 4. The number of nitrogens with one attached hydrogen (secondary N) is 1. The zero-order valence-corrected chi connectivity index (χ0v) is 33.9. The first-order valence-electron chi connectivity index (χ1n) is 21.3. The molecule has 3 unspecified atom stereocenters. The van der Waals surface area contributed by atoms with Gasteiger partial charge in [-0.15, -0.1) is 0 Å². The fraction of sp³-hybridized carbons (Fsp3) is 0.837. The van der Waals surface area contributed by atoms with Gasteiger partial charge in [-0.05, 0) is 44.9 Å². The minimum Gasteiger partial charge on any atom is -0.387 e. The smallest absolute Gasteiger partial charge is 0.267 e.